The molecular formula is C27H32N2O4. The van der Waals surface area contributed by atoms with Crippen LogP contribution in [-0.2, 0) is 22.5 Å². The van der Waals surface area contributed by atoms with Crippen LogP contribution < -0.4 is 0 Å². The number of carbonyl (C=O) groups is 1. The summed E-state index contributed by atoms with van der Waals surface area (Å²) in [5.74, 6) is 0.314. The van der Waals surface area contributed by atoms with Gasteiger partial charge in [0, 0.05) is 23.4 Å². The molecule has 2 aromatic carbocycles. The van der Waals surface area contributed by atoms with Gasteiger partial charge in [0.25, 0.3) is 0 Å². The Kier molecular flexibility index (Phi) is 7.45. The molecule has 1 aliphatic rings. The molecule has 0 saturated heterocycles. The summed E-state index contributed by atoms with van der Waals surface area (Å²) in [6, 6.07) is 17.7. The topological polar surface area (TPSA) is 84.6 Å². The lowest BCUT2D eigenvalue weighted by Gasteiger charge is -2.28. The molecule has 1 fully saturated rings. The smallest absolute Gasteiger partial charge is 0.329 e. The predicted molar refractivity (Wildman–Crippen MR) is 128 cm³/mol. The van der Waals surface area contributed by atoms with Crippen molar-refractivity contribution in [1.82, 2.24) is 9.78 Å². The molecule has 0 radical (unpaired) electrons. The van der Waals surface area contributed by atoms with Crippen molar-refractivity contribution in [3.63, 3.8) is 0 Å². The normalized spacial score (nSPS) is 18.3. The molecule has 0 aliphatic heterocycles. The zero-order chi connectivity index (χ0) is 23.2. The molecule has 0 atom stereocenters. The van der Waals surface area contributed by atoms with Crippen LogP contribution in [0.1, 0.15) is 38.3 Å². The summed E-state index contributed by atoms with van der Waals surface area (Å²) in [6.07, 6.45) is 5.14. The molecule has 0 bridgehead atoms. The summed E-state index contributed by atoms with van der Waals surface area (Å²) in [4.78, 5) is 10.7. The molecule has 1 aliphatic carbocycles. The molecule has 6 nitrogen and oxygen atoms in total. The van der Waals surface area contributed by atoms with Crippen LogP contribution in [0.25, 0.3) is 22.4 Å². The molecule has 3 aromatic rings. The van der Waals surface area contributed by atoms with E-state index in [-0.39, 0.29) is 12.4 Å². The molecule has 0 unspecified atom stereocenters. The van der Waals surface area contributed by atoms with Gasteiger partial charge in [-0.1, -0.05) is 49.4 Å². The molecule has 0 spiro atoms. The van der Waals surface area contributed by atoms with Gasteiger partial charge in [0.2, 0.25) is 0 Å². The SMILES string of the molecule is CCc1c(-c2cccc(O)c2)c(-c2ccccc2)nn1CC1CCC(COCC(=O)O)CC1. The number of phenolic OH excluding ortho intramolecular Hbond substituents is 1. The standard InChI is InChI=1S/C27H32N2O4/c1-2-24-26(22-9-6-10-23(30)15-22)27(21-7-4-3-5-8-21)28-29(24)16-19-11-13-20(14-12-19)17-33-18-25(31)32/h3-10,15,19-20,30H,2,11-14,16-18H2,1H3,(H,31,32). The van der Waals surface area contributed by atoms with E-state index in [1.54, 1.807) is 6.07 Å². The van der Waals surface area contributed by atoms with Gasteiger partial charge in [0.1, 0.15) is 18.1 Å². The average molecular weight is 449 g/mol. The van der Waals surface area contributed by atoms with E-state index < -0.39 is 5.97 Å². The lowest BCUT2D eigenvalue weighted by atomic mass is 9.82. The lowest BCUT2D eigenvalue weighted by Crippen LogP contribution is -2.23. The number of carboxylic acid groups (broad SMARTS) is 1. The van der Waals surface area contributed by atoms with E-state index in [9.17, 15) is 9.90 Å². The highest BCUT2D eigenvalue weighted by molar-refractivity contribution is 5.83. The monoisotopic (exact) mass is 448 g/mol. The van der Waals surface area contributed by atoms with Gasteiger partial charge in [-0.15, -0.1) is 0 Å². The molecule has 4 rings (SSSR count). The van der Waals surface area contributed by atoms with Gasteiger partial charge in [0.15, 0.2) is 0 Å². The fourth-order valence-electron chi connectivity index (χ4n) is 4.91. The third kappa shape index (κ3) is 5.63. The number of phenols is 1. The van der Waals surface area contributed by atoms with Crippen molar-refractivity contribution in [2.45, 2.75) is 45.6 Å². The van der Waals surface area contributed by atoms with Gasteiger partial charge in [-0.2, -0.15) is 5.10 Å². The van der Waals surface area contributed by atoms with Crippen molar-refractivity contribution in [2.75, 3.05) is 13.2 Å². The van der Waals surface area contributed by atoms with Gasteiger partial charge in [0.05, 0.1) is 6.61 Å². The first-order chi connectivity index (χ1) is 16.0. The van der Waals surface area contributed by atoms with Crippen molar-refractivity contribution in [1.29, 1.82) is 0 Å². The largest absolute Gasteiger partial charge is 0.508 e. The molecule has 33 heavy (non-hydrogen) atoms. The Labute approximate surface area is 194 Å². The number of nitrogens with zero attached hydrogens (tertiary/aromatic N) is 2. The maximum Gasteiger partial charge on any atom is 0.329 e. The molecule has 1 saturated carbocycles. The fourth-order valence-corrected chi connectivity index (χ4v) is 4.91. The number of carboxylic acids is 1. The molecule has 1 heterocycles. The van der Waals surface area contributed by atoms with Crippen molar-refractivity contribution in [3.05, 3.63) is 60.3 Å². The van der Waals surface area contributed by atoms with Crippen LogP contribution in [0, 0.1) is 11.8 Å². The quantitative estimate of drug-likeness (QED) is 0.458. The average Bonchev–Trinajstić information content (AvgIpc) is 3.18. The summed E-state index contributed by atoms with van der Waals surface area (Å²) >= 11 is 0. The minimum atomic E-state index is -0.911. The van der Waals surface area contributed by atoms with Crippen LogP contribution in [0.3, 0.4) is 0 Å². The van der Waals surface area contributed by atoms with Crippen LogP contribution in [0.4, 0.5) is 0 Å². The molecule has 1 aromatic heterocycles. The second-order valence-electron chi connectivity index (χ2n) is 8.92. The van der Waals surface area contributed by atoms with Crippen LogP contribution in [0.15, 0.2) is 54.6 Å². The van der Waals surface area contributed by atoms with Crippen LogP contribution >= 0.6 is 0 Å². The highest BCUT2D eigenvalue weighted by Gasteiger charge is 2.25. The summed E-state index contributed by atoms with van der Waals surface area (Å²) < 4.78 is 7.49. The fraction of sp³-hybridized carbons (Fsp3) is 0.407. The van der Waals surface area contributed by atoms with Crippen molar-refractivity contribution in [2.24, 2.45) is 11.8 Å². The molecule has 2 N–H and O–H groups in total. The van der Waals surface area contributed by atoms with Crippen molar-refractivity contribution >= 4 is 5.97 Å². The maximum absolute atomic E-state index is 10.7. The van der Waals surface area contributed by atoms with Gasteiger partial charge >= 0.3 is 5.97 Å². The second kappa shape index (κ2) is 10.7. The Morgan fingerprint density at radius 3 is 2.39 bits per heavy atom. The Bertz CT molecular complexity index is 1070. The molecule has 174 valence electrons. The zero-order valence-electron chi connectivity index (χ0n) is 19.1. The summed E-state index contributed by atoms with van der Waals surface area (Å²) in [5.41, 5.74) is 5.29. The van der Waals surface area contributed by atoms with Gasteiger partial charge in [-0.05, 0) is 61.6 Å². The van der Waals surface area contributed by atoms with Crippen LogP contribution in [0.2, 0.25) is 0 Å². The molecular weight excluding hydrogens is 416 g/mol. The van der Waals surface area contributed by atoms with Crippen molar-refractivity contribution in [3.8, 4) is 28.1 Å². The van der Waals surface area contributed by atoms with E-state index in [0.29, 0.717) is 18.4 Å². The summed E-state index contributed by atoms with van der Waals surface area (Å²) in [5, 5.41) is 24.0. The van der Waals surface area contributed by atoms with Crippen LogP contribution in [-0.4, -0.2) is 39.2 Å². The van der Waals surface area contributed by atoms with Crippen molar-refractivity contribution < 1.29 is 19.7 Å². The number of benzene rings is 2. The van der Waals surface area contributed by atoms with Crippen LogP contribution in [0.5, 0.6) is 5.75 Å². The highest BCUT2D eigenvalue weighted by Crippen LogP contribution is 2.37. The Balaban J connectivity index is 1.56. The van der Waals surface area contributed by atoms with Gasteiger partial charge < -0.3 is 14.9 Å². The number of rotatable bonds is 9. The Morgan fingerprint density at radius 1 is 1.03 bits per heavy atom. The second-order valence-corrected chi connectivity index (χ2v) is 8.92. The zero-order valence-corrected chi connectivity index (χ0v) is 19.1. The number of ether oxygens (including phenoxy) is 1. The van der Waals surface area contributed by atoms with E-state index >= 15 is 0 Å². The van der Waals surface area contributed by atoms with E-state index in [0.717, 1.165) is 61.0 Å². The van der Waals surface area contributed by atoms with Gasteiger partial charge in [-0.25, -0.2) is 4.79 Å². The molecule has 6 heteroatoms. The predicted octanol–water partition coefficient (Wildman–Crippen LogP) is 5.39. The number of hydrogen-bond donors (Lipinski definition) is 2. The summed E-state index contributed by atoms with van der Waals surface area (Å²) in [6.45, 7) is 3.34. The minimum Gasteiger partial charge on any atom is -0.508 e. The first-order valence-electron chi connectivity index (χ1n) is 11.8. The lowest BCUT2D eigenvalue weighted by molar-refractivity contribution is -0.142. The van der Waals surface area contributed by atoms with E-state index in [1.807, 2.05) is 36.4 Å². The number of aromatic nitrogens is 2. The first kappa shape index (κ1) is 23.1. The van der Waals surface area contributed by atoms with E-state index in [2.05, 4.69) is 23.7 Å². The number of aliphatic carboxylic acids is 1. The summed E-state index contributed by atoms with van der Waals surface area (Å²) in [7, 11) is 0. The van der Waals surface area contributed by atoms with E-state index in [4.69, 9.17) is 14.9 Å². The minimum absolute atomic E-state index is 0.215. The first-order valence-corrected chi connectivity index (χ1v) is 11.8. The Morgan fingerprint density at radius 2 is 1.73 bits per heavy atom. The number of aromatic hydroxyl groups is 1. The maximum atomic E-state index is 10.7. The highest BCUT2D eigenvalue weighted by atomic mass is 16.5. The van der Waals surface area contributed by atoms with E-state index in [1.165, 1.54) is 5.69 Å². The molecule has 0 amide bonds. The third-order valence-corrected chi connectivity index (χ3v) is 6.55. The number of hydrogen-bond acceptors (Lipinski definition) is 4. The van der Waals surface area contributed by atoms with Gasteiger partial charge in [-0.3, -0.25) is 4.68 Å². The Hall–Kier alpha value is -3.12. The third-order valence-electron chi connectivity index (χ3n) is 6.55.